The zero-order valence-electron chi connectivity index (χ0n) is 14.9. The Morgan fingerprint density at radius 2 is 2.12 bits per heavy atom. The molecule has 25 heavy (non-hydrogen) atoms. The first-order valence-corrected chi connectivity index (χ1v) is 8.85. The molecule has 138 valence electrons. The number of carbonyl (C=O) groups excluding carboxylic acids is 1. The fraction of sp³-hybridized carbons (Fsp3) is 0.579. The van der Waals surface area contributed by atoms with Gasteiger partial charge in [0.05, 0.1) is 12.7 Å². The molecular formula is C19H27NO5. The van der Waals surface area contributed by atoms with E-state index >= 15 is 0 Å². The Labute approximate surface area is 148 Å². The lowest BCUT2D eigenvalue weighted by atomic mass is 9.98. The van der Waals surface area contributed by atoms with Crippen molar-refractivity contribution in [3.63, 3.8) is 0 Å². The summed E-state index contributed by atoms with van der Waals surface area (Å²) >= 11 is 0. The molecule has 2 atom stereocenters. The van der Waals surface area contributed by atoms with Gasteiger partial charge in [-0.1, -0.05) is 12.1 Å². The standard InChI is InChI=1S/C19H27NO5/c1-3-25-17-8-7-14(11-13(17)2)5-4-6-18(22)20-10-9-15(21)12-16(20)19(23)24/h7-8,11,15-16,21H,3-6,9-10,12H2,1-2H3,(H,23,24)/t15-,16+/m0/s1. The third-order valence-electron chi connectivity index (χ3n) is 4.58. The fourth-order valence-electron chi connectivity index (χ4n) is 3.25. The first-order valence-electron chi connectivity index (χ1n) is 8.85. The molecule has 0 radical (unpaired) electrons. The van der Waals surface area contributed by atoms with E-state index in [0.29, 0.717) is 32.4 Å². The molecule has 1 amide bonds. The molecule has 2 rings (SSSR count). The smallest absolute Gasteiger partial charge is 0.326 e. The summed E-state index contributed by atoms with van der Waals surface area (Å²) in [7, 11) is 0. The number of rotatable bonds is 7. The maximum atomic E-state index is 12.4. The van der Waals surface area contributed by atoms with Crippen LogP contribution in [0.15, 0.2) is 18.2 Å². The number of nitrogens with zero attached hydrogens (tertiary/aromatic N) is 1. The van der Waals surface area contributed by atoms with Crippen molar-refractivity contribution in [3.05, 3.63) is 29.3 Å². The second-order valence-electron chi connectivity index (χ2n) is 6.51. The normalized spacial score (nSPS) is 20.4. The second-order valence-corrected chi connectivity index (χ2v) is 6.51. The topological polar surface area (TPSA) is 87.1 Å². The number of carboxylic acid groups (broad SMARTS) is 1. The molecule has 1 heterocycles. The molecular weight excluding hydrogens is 322 g/mol. The number of carbonyl (C=O) groups is 2. The number of hydrogen-bond acceptors (Lipinski definition) is 4. The van der Waals surface area contributed by atoms with E-state index in [1.165, 1.54) is 4.90 Å². The first kappa shape index (κ1) is 19.2. The Bertz CT molecular complexity index is 616. The Balaban J connectivity index is 1.87. The number of aliphatic hydroxyl groups excluding tert-OH is 1. The van der Waals surface area contributed by atoms with Gasteiger partial charge in [-0.25, -0.2) is 4.79 Å². The Morgan fingerprint density at radius 3 is 2.76 bits per heavy atom. The highest BCUT2D eigenvalue weighted by Crippen LogP contribution is 2.22. The van der Waals surface area contributed by atoms with E-state index in [1.54, 1.807) is 0 Å². The highest BCUT2D eigenvalue weighted by molar-refractivity contribution is 5.84. The molecule has 6 heteroatoms. The molecule has 0 saturated carbocycles. The van der Waals surface area contributed by atoms with E-state index < -0.39 is 18.1 Å². The minimum atomic E-state index is -1.05. The number of amides is 1. The highest BCUT2D eigenvalue weighted by atomic mass is 16.5. The van der Waals surface area contributed by atoms with Crippen LogP contribution in [0, 0.1) is 6.92 Å². The molecule has 0 unspecified atom stereocenters. The number of aryl methyl sites for hydroxylation is 2. The van der Waals surface area contributed by atoms with E-state index in [-0.39, 0.29) is 12.3 Å². The minimum absolute atomic E-state index is 0.110. The molecule has 1 aliphatic rings. The average molecular weight is 349 g/mol. The Hall–Kier alpha value is -2.08. The molecule has 1 aliphatic heterocycles. The third-order valence-corrected chi connectivity index (χ3v) is 4.58. The quantitative estimate of drug-likeness (QED) is 0.788. The summed E-state index contributed by atoms with van der Waals surface area (Å²) in [6.45, 7) is 4.88. The lowest BCUT2D eigenvalue weighted by Gasteiger charge is -2.35. The maximum Gasteiger partial charge on any atom is 0.326 e. The molecule has 6 nitrogen and oxygen atoms in total. The van der Waals surface area contributed by atoms with Crippen molar-refractivity contribution < 1.29 is 24.5 Å². The fourth-order valence-corrected chi connectivity index (χ4v) is 3.25. The number of hydrogen-bond donors (Lipinski definition) is 2. The van der Waals surface area contributed by atoms with E-state index in [1.807, 2.05) is 26.0 Å². The summed E-state index contributed by atoms with van der Waals surface area (Å²) in [6.07, 6.45) is 1.64. The Kier molecular flexibility index (Phi) is 6.82. The predicted octanol–water partition coefficient (Wildman–Crippen LogP) is 2.15. The molecule has 0 aliphatic carbocycles. The maximum absolute atomic E-state index is 12.4. The van der Waals surface area contributed by atoms with E-state index in [4.69, 9.17) is 4.74 Å². The van der Waals surface area contributed by atoms with E-state index in [0.717, 1.165) is 23.3 Å². The highest BCUT2D eigenvalue weighted by Gasteiger charge is 2.35. The zero-order chi connectivity index (χ0) is 18.4. The van der Waals surface area contributed by atoms with Gasteiger partial charge in [0.25, 0.3) is 0 Å². The van der Waals surface area contributed by atoms with E-state index in [9.17, 15) is 19.8 Å². The molecule has 1 fully saturated rings. The summed E-state index contributed by atoms with van der Waals surface area (Å²) in [5.74, 6) is -0.324. The van der Waals surface area contributed by atoms with Crippen LogP contribution in [0.2, 0.25) is 0 Å². The molecule has 0 spiro atoms. The number of likely N-dealkylation sites (tertiary alicyclic amines) is 1. The van der Waals surface area contributed by atoms with Gasteiger partial charge in [0, 0.05) is 19.4 Å². The SMILES string of the molecule is CCOc1ccc(CCCC(=O)N2CC[C@H](O)C[C@@H]2C(=O)O)cc1C. The molecule has 0 aromatic heterocycles. The van der Waals surface area contributed by atoms with Crippen LogP contribution in [0.1, 0.15) is 43.7 Å². The lowest BCUT2D eigenvalue weighted by Crippen LogP contribution is -2.51. The molecule has 0 bridgehead atoms. The molecule has 1 aromatic carbocycles. The van der Waals surface area contributed by atoms with Crippen LogP contribution in [-0.4, -0.2) is 52.3 Å². The van der Waals surface area contributed by atoms with Crippen molar-refractivity contribution in [1.82, 2.24) is 4.90 Å². The first-order chi connectivity index (χ1) is 11.9. The van der Waals surface area contributed by atoms with Gasteiger partial charge in [0.1, 0.15) is 11.8 Å². The molecule has 1 saturated heterocycles. The number of benzene rings is 1. The van der Waals surface area contributed by atoms with Crippen LogP contribution in [0.25, 0.3) is 0 Å². The number of aliphatic hydroxyl groups is 1. The number of carboxylic acids is 1. The molecule has 1 aromatic rings. The summed E-state index contributed by atoms with van der Waals surface area (Å²) in [6, 6.07) is 5.10. The predicted molar refractivity (Wildman–Crippen MR) is 93.7 cm³/mol. The summed E-state index contributed by atoms with van der Waals surface area (Å²) in [5.41, 5.74) is 2.21. The minimum Gasteiger partial charge on any atom is -0.494 e. The second kappa shape index (κ2) is 8.85. The van der Waals surface area contributed by atoms with Gasteiger partial charge in [0.15, 0.2) is 0 Å². The van der Waals surface area contributed by atoms with Crippen LogP contribution in [0.4, 0.5) is 0 Å². The van der Waals surface area contributed by atoms with E-state index in [2.05, 4.69) is 6.07 Å². The number of piperidine rings is 1. The number of aliphatic carboxylic acids is 1. The van der Waals surface area contributed by atoms with Crippen molar-refractivity contribution in [2.45, 2.75) is 58.1 Å². The van der Waals surface area contributed by atoms with Crippen LogP contribution in [0.3, 0.4) is 0 Å². The van der Waals surface area contributed by atoms with Crippen molar-refractivity contribution in [3.8, 4) is 5.75 Å². The van der Waals surface area contributed by atoms with Crippen LogP contribution in [0.5, 0.6) is 5.75 Å². The van der Waals surface area contributed by atoms with Crippen LogP contribution < -0.4 is 4.74 Å². The van der Waals surface area contributed by atoms with Gasteiger partial charge >= 0.3 is 5.97 Å². The largest absolute Gasteiger partial charge is 0.494 e. The molecule has 2 N–H and O–H groups in total. The van der Waals surface area contributed by atoms with Gasteiger partial charge in [-0.05, 0) is 50.3 Å². The van der Waals surface area contributed by atoms with Crippen molar-refractivity contribution in [2.75, 3.05) is 13.2 Å². The summed E-state index contributed by atoms with van der Waals surface area (Å²) < 4.78 is 5.52. The van der Waals surface area contributed by atoms with Gasteiger partial charge < -0.3 is 19.8 Å². The average Bonchev–Trinajstić information content (AvgIpc) is 2.57. The van der Waals surface area contributed by atoms with Gasteiger partial charge in [0.2, 0.25) is 5.91 Å². The van der Waals surface area contributed by atoms with Crippen LogP contribution in [-0.2, 0) is 16.0 Å². The Morgan fingerprint density at radius 1 is 1.36 bits per heavy atom. The monoisotopic (exact) mass is 349 g/mol. The summed E-state index contributed by atoms with van der Waals surface area (Å²) in [4.78, 5) is 25.1. The lowest BCUT2D eigenvalue weighted by molar-refractivity contribution is -0.154. The van der Waals surface area contributed by atoms with Gasteiger partial charge in [-0.2, -0.15) is 0 Å². The van der Waals surface area contributed by atoms with Gasteiger partial charge in [-0.3, -0.25) is 4.79 Å². The van der Waals surface area contributed by atoms with Crippen molar-refractivity contribution >= 4 is 11.9 Å². The number of ether oxygens (including phenoxy) is 1. The van der Waals surface area contributed by atoms with Crippen molar-refractivity contribution in [2.24, 2.45) is 0 Å². The summed E-state index contributed by atoms with van der Waals surface area (Å²) in [5, 5.41) is 18.9. The van der Waals surface area contributed by atoms with Crippen molar-refractivity contribution in [1.29, 1.82) is 0 Å². The third kappa shape index (κ3) is 5.19. The van der Waals surface area contributed by atoms with Crippen LogP contribution >= 0.6 is 0 Å². The van der Waals surface area contributed by atoms with Gasteiger partial charge in [-0.15, -0.1) is 0 Å². The zero-order valence-corrected chi connectivity index (χ0v) is 14.9.